The summed E-state index contributed by atoms with van der Waals surface area (Å²) in [4.78, 5) is 29.4. The van der Waals surface area contributed by atoms with Crippen molar-refractivity contribution in [2.45, 2.75) is 6.54 Å². The number of hydrogen-bond acceptors (Lipinski definition) is 5. The van der Waals surface area contributed by atoms with Gasteiger partial charge in [-0.3, -0.25) is 18.8 Å². The van der Waals surface area contributed by atoms with E-state index in [1.807, 2.05) is 54.6 Å². The highest BCUT2D eigenvalue weighted by Crippen LogP contribution is 2.19. The Balaban J connectivity index is 1.38. The molecule has 162 valence electrons. The number of hydrogen-bond donors (Lipinski definition) is 1. The number of nitrogens with one attached hydrogen (secondary N) is 1. The van der Waals surface area contributed by atoms with Crippen LogP contribution in [0.25, 0.3) is 22.5 Å². The molecular weight excluding hydrogens is 406 g/mol. The van der Waals surface area contributed by atoms with Crippen molar-refractivity contribution in [1.29, 1.82) is 0 Å². The Morgan fingerprint density at radius 1 is 1.00 bits per heavy atom. The van der Waals surface area contributed by atoms with Crippen LogP contribution in [-0.4, -0.2) is 38.9 Å². The van der Waals surface area contributed by atoms with Crippen molar-refractivity contribution >= 4 is 5.91 Å². The van der Waals surface area contributed by atoms with Crippen molar-refractivity contribution in [3.8, 4) is 28.3 Å². The topological polar surface area (TPSA) is 91.0 Å². The van der Waals surface area contributed by atoms with E-state index in [1.54, 1.807) is 24.9 Å². The Bertz CT molecular complexity index is 1280. The molecular formula is C24H23N5O3. The van der Waals surface area contributed by atoms with Gasteiger partial charge in [0.15, 0.2) is 0 Å². The number of aromatic nitrogens is 4. The van der Waals surface area contributed by atoms with Gasteiger partial charge in [-0.15, -0.1) is 0 Å². The van der Waals surface area contributed by atoms with Gasteiger partial charge in [0.25, 0.3) is 11.5 Å². The molecule has 2 heterocycles. The molecule has 0 fully saturated rings. The predicted octanol–water partition coefficient (Wildman–Crippen LogP) is 2.75. The maximum atomic E-state index is 12.6. The molecule has 0 saturated carbocycles. The van der Waals surface area contributed by atoms with Crippen molar-refractivity contribution in [3.63, 3.8) is 0 Å². The zero-order valence-corrected chi connectivity index (χ0v) is 17.9. The quantitative estimate of drug-likeness (QED) is 0.488. The Kier molecular flexibility index (Phi) is 6.12. The van der Waals surface area contributed by atoms with Gasteiger partial charge in [0.05, 0.1) is 24.8 Å². The molecule has 1 amide bonds. The van der Waals surface area contributed by atoms with E-state index >= 15 is 0 Å². The SMILES string of the molecule is COc1ccc(-c2cc(=O)n(CCNC(=O)c3cc(-c4ccccc4)nn3C)cn2)cc1. The van der Waals surface area contributed by atoms with Crippen LogP contribution in [0, 0.1) is 0 Å². The largest absolute Gasteiger partial charge is 0.497 e. The molecule has 4 rings (SSSR count). The van der Waals surface area contributed by atoms with Gasteiger partial charge in [0, 0.05) is 37.3 Å². The summed E-state index contributed by atoms with van der Waals surface area (Å²) in [6.45, 7) is 0.595. The Hall–Kier alpha value is -4.20. The predicted molar refractivity (Wildman–Crippen MR) is 121 cm³/mol. The van der Waals surface area contributed by atoms with E-state index < -0.39 is 0 Å². The molecule has 8 heteroatoms. The third kappa shape index (κ3) is 4.59. The number of carbonyl (C=O) groups is 1. The molecule has 0 aliphatic heterocycles. The summed E-state index contributed by atoms with van der Waals surface area (Å²) < 4.78 is 8.16. The summed E-state index contributed by atoms with van der Waals surface area (Å²) in [5.41, 5.74) is 3.34. The van der Waals surface area contributed by atoms with Crippen LogP contribution < -0.4 is 15.6 Å². The first kappa shape index (κ1) is 21.0. The van der Waals surface area contributed by atoms with Gasteiger partial charge < -0.3 is 10.1 Å². The van der Waals surface area contributed by atoms with Gasteiger partial charge in [-0.25, -0.2) is 4.98 Å². The second-order valence-corrected chi connectivity index (χ2v) is 7.19. The average Bonchev–Trinajstić information content (AvgIpc) is 3.22. The highest BCUT2D eigenvalue weighted by molar-refractivity contribution is 5.93. The second-order valence-electron chi connectivity index (χ2n) is 7.19. The van der Waals surface area contributed by atoms with Crippen LogP contribution in [-0.2, 0) is 13.6 Å². The van der Waals surface area contributed by atoms with E-state index in [2.05, 4.69) is 15.4 Å². The van der Waals surface area contributed by atoms with Crippen LogP contribution in [0.5, 0.6) is 5.75 Å². The summed E-state index contributed by atoms with van der Waals surface area (Å²) in [5, 5.41) is 7.25. The fourth-order valence-corrected chi connectivity index (χ4v) is 3.32. The smallest absolute Gasteiger partial charge is 0.269 e. The van der Waals surface area contributed by atoms with Crippen molar-refractivity contribution in [2.75, 3.05) is 13.7 Å². The molecule has 0 saturated heterocycles. The summed E-state index contributed by atoms with van der Waals surface area (Å²) in [6.07, 6.45) is 1.49. The van der Waals surface area contributed by atoms with Gasteiger partial charge in [0.2, 0.25) is 0 Å². The fraction of sp³-hybridized carbons (Fsp3) is 0.167. The molecule has 4 aromatic rings. The Morgan fingerprint density at radius 3 is 2.41 bits per heavy atom. The maximum Gasteiger partial charge on any atom is 0.269 e. The molecule has 0 aliphatic rings. The zero-order chi connectivity index (χ0) is 22.5. The standard InChI is InChI=1S/C24H23N5O3/c1-28-22(14-21(27-28)17-6-4-3-5-7-17)24(31)25-12-13-29-16-26-20(15-23(29)30)18-8-10-19(32-2)11-9-18/h3-11,14-16H,12-13H2,1-2H3,(H,25,31). The molecule has 2 aromatic heterocycles. The van der Waals surface area contributed by atoms with Crippen LogP contribution >= 0.6 is 0 Å². The minimum Gasteiger partial charge on any atom is -0.497 e. The number of amides is 1. The first-order chi connectivity index (χ1) is 15.5. The zero-order valence-electron chi connectivity index (χ0n) is 17.9. The third-order valence-electron chi connectivity index (χ3n) is 5.09. The number of ether oxygens (including phenoxy) is 1. The lowest BCUT2D eigenvalue weighted by Crippen LogP contribution is -2.31. The summed E-state index contributed by atoms with van der Waals surface area (Å²) in [5.74, 6) is 0.486. The number of rotatable bonds is 7. The highest BCUT2D eigenvalue weighted by Gasteiger charge is 2.14. The molecule has 8 nitrogen and oxygen atoms in total. The van der Waals surface area contributed by atoms with Gasteiger partial charge in [0.1, 0.15) is 11.4 Å². The van der Waals surface area contributed by atoms with Gasteiger partial charge in [-0.05, 0) is 30.3 Å². The lowest BCUT2D eigenvalue weighted by molar-refractivity contribution is 0.0942. The molecule has 2 aromatic carbocycles. The lowest BCUT2D eigenvalue weighted by atomic mass is 10.1. The Morgan fingerprint density at radius 2 is 1.72 bits per heavy atom. The second kappa shape index (κ2) is 9.30. The number of benzene rings is 2. The van der Waals surface area contributed by atoms with Crippen molar-refractivity contribution in [2.24, 2.45) is 7.05 Å². The van der Waals surface area contributed by atoms with Gasteiger partial charge in [-0.1, -0.05) is 30.3 Å². The van der Waals surface area contributed by atoms with Crippen LogP contribution in [0.1, 0.15) is 10.5 Å². The van der Waals surface area contributed by atoms with Crippen molar-refractivity contribution < 1.29 is 9.53 Å². The summed E-state index contributed by atoms with van der Waals surface area (Å²) in [6, 6.07) is 20.2. The van der Waals surface area contributed by atoms with E-state index in [4.69, 9.17) is 4.74 Å². The van der Waals surface area contributed by atoms with E-state index in [0.29, 0.717) is 17.9 Å². The van der Waals surface area contributed by atoms with Gasteiger partial charge in [-0.2, -0.15) is 5.10 Å². The number of nitrogens with zero attached hydrogens (tertiary/aromatic N) is 4. The van der Waals surface area contributed by atoms with Crippen molar-refractivity contribution in [3.05, 3.63) is 89.1 Å². The molecule has 0 aliphatic carbocycles. The van der Waals surface area contributed by atoms with Gasteiger partial charge >= 0.3 is 0 Å². The third-order valence-corrected chi connectivity index (χ3v) is 5.09. The first-order valence-corrected chi connectivity index (χ1v) is 10.1. The van der Waals surface area contributed by atoms with E-state index in [-0.39, 0.29) is 18.0 Å². The van der Waals surface area contributed by atoms with E-state index in [0.717, 1.165) is 22.6 Å². The average molecular weight is 429 g/mol. The van der Waals surface area contributed by atoms with Crippen LogP contribution in [0.3, 0.4) is 0 Å². The highest BCUT2D eigenvalue weighted by atomic mass is 16.5. The molecule has 0 atom stereocenters. The van der Waals surface area contributed by atoms with Crippen molar-refractivity contribution in [1.82, 2.24) is 24.6 Å². The van der Waals surface area contributed by atoms with E-state index in [9.17, 15) is 9.59 Å². The van der Waals surface area contributed by atoms with Crippen LogP contribution in [0.4, 0.5) is 0 Å². The number of methoxy groups -OCH3 is 1. The maximum absolute atomic E-state index is 12.6. The monoisotopic (exact) mass is 429 g/mol. The molecule has 0 bridgehead atoms. The normalized spacial score (nSPS) is 10.7. The first-order valence-electron chi connectivity index (χ1n) is 10.1. The minimum absolute atomic E-state index is 0.188. The minimum atomic E-state index is -0.252. The lowest BCUT2D eigenvalue weighted by Gasteiger charge is -2.08. The summed E-state index contributed by atoms with van der Waals surface area (Å²) in [7, 11) is 3.33. The molecule has 0 unspecified atom stereocenters. The number of aryl methyl sites for hydroxylation is 1. The van der Waals surface area contributed by atoms with E-state index in [1.165, 1.54) is 17.0 Å². The molecule has 0 radical (unpaired) electrons. The molecule has 32 heavy (non-hydrogen) atoms. The van der Waals surface area contributed by atoms with Crippen LogP contribution in [0.2, 0.25) is 0 Å². The molecule has 0 spiro atoms. The number of carbonyl (C=O) groups excluding carboxylic acids is 1. The molecule has 1 N–H and O–H groups in total. The Labute approximate surface area is 185 Å². The van der Waals surface area contributed by atoms with Crippen LogP contribution in [0.15, 0.2) is 77.9 Å². The summed E-state index contributed by atoms with van der Waals surface area (Å²) >= 11 is 0. The fourth-order valence-electron chi connectivity index (χ4n) is 3.32.